The number of piperidine rings is 1. The van der Waals surface area contributed by atoms with E-state index < -0.39 is 10.0 Å². The van der Waals surface area contributed by atoms with Crippen molar-refractivity contribution in [3.8, 4) is 0 Å². The third-order valence-corrected chi connectivity index (χ3v) is 6.28. The van der Waals surface area contributed by atoms with Crippen molar-refractivity contribution in [1.29, 1.82) is 0 Å². The lowest BCUT2D eigenvalue weighted by Gasteiger charge is -2.33. The van der Waals surface area contributed by atoms with Gasteiger partial charge in [0.25, 0.3) is 0 Å². The molecule has 4 nitrogen and oxygen atoms in total. The van der Waals surface area contributed by atoms with Crippen LogP contribution in [-0.4, -0.2) is 38.1 Å². The maximum atomic E-state index is 11.6. The molecule has 1 fully saturated rings. The van der Waals surface area contributed by atoms with Gasteiger partial charge in [-0.1, -0.05) is 30.7 Å². The highest BCUT2D eigenvalue weighted by Crippen LogP contribution is 2.30. The molecular formula is C17H26N2O2S. The van der Waals surface area contributed by atoms with E-state index in [1.54, 1.807) is 4.31 Å². The summed E-state index contributed by atoms with van der Waals surface area (Å²) in [6, 6.07) is 9.62. The molecule has 1 atom stereocenters. The van der Waals surface area contributed by atoms with Gasteiger partial charge in [0.05, 0.1) is 6.26 Å². The lowest BCUT2D eigenvalue weighted by Crippen LogP contribution is -2.45. The first kappa shape index (κ1) is 16.0. The highest BCUT2D eigenvalue weighted by Gasteiger charge is 2.27. The Bertz CT molecular complexity index is 607. The van der Waals surface area contributed by atoms with Crippen LogP contribution < -0.4 is 5.32 Å². The Balaban J connectivity index is 1.65. The Morgan fingerprint density at radius 1 is 1.09 bits per heavy atom. The van der Waals surface area contributed by atoms with Gasteiger partial charge in [-0.15, -0.1) is 0 Å². The molecule has 1 aliphatic heterocycles. The van der Waals surface area contributed by atoms with Crippen molar-refractivity contribution in [1.82, 2.24) is 9.62 Å². The van der Waals surface area contributed by atoms with E-state index in [2.05, 4.69) is 29.6 Å². The highest BCUT2D eigenvalue weighted by atomic mass is 32.2. The zero-order valence-corrected chi connectivity index (χ0v) is 14.1. The number of fused-ring (bicyclic) bond motifs is 1. The number of aryl methyl sites for hydroxylation is 1. The van der Waals surface area contributed by atoms with Gasteiger partial charge in [-0.05, 0) is 43.2 Å². The Morgan fingerprint density at radius 2 is 1.82 bits per heavy atom. The molecule has 0 bridgehead atoms. The lowest BCUT2D eigenvalue weighted by atomic mass is 9.97. The molecule has 0 spiro atoms. The largest absolute Gasteiger partial charge is 0.307 e. The smallest absolute Gasteiger partial charge is 0.211 e. The quantitative estimate of drug-likeness (QED) is 0.870. The summed E-state index contributed by atoms with van der Waals surface area (Å²) < 4.78 is 24.8. The van der Waals surface area contributed by atoms with Crippen LogP contribution in [0, 0.1) is 0 Å². The van der Waals surface area contributed by atoms with Crippen molar-refractivity contribution >= 4 is 10.0 Å². The van der Waals surface area contributed by atoms with E-state index in [-0.39, 0.29) is 0 Å². The van der Waals surface area contributed by atoms with Crippen molar-refractivity contribution in [3.05, 3.63) is 35.4 Å². The van der Waals surface area contributed by atoms with Gasteiger partial charge < -0.3 is 5.32 Å². The highest BCUT2D eigenvalue weighted by molar-refractivity contribution is 7.88. The molecule has 0 radical (unpaired) electrons. The summed E-state index contributed by atoms with van der Waals surface area (Å²) in [5.41, 5.74) is 2.93. The zero-order chi connectivity index (χ0) is 15.6. The van der Waals surface area contributed by atoms with Crippen molar-refractivity contribution in [3.63, 3.8) is 0 Å². The molecule has 5 heteroatoms. The number of rotatable bonds is 3. The van der Waals surface area contributed by atoms with Crippen LogP contribution in [0.1, 0.15) is 49.3 Å². The van der Waals surface area contributed by atoms with Crippen LogP contribution in [0.5, 0.6) is 0 Å². The zero-order valence-electron chi connectivity index (χ0n) is 13.3. The van der Waals surface area contributed by atoms with Gasteiger partial charge in [-0.2, -0.15) is 0 Å². The van der Waals surface area contributed by atoms with Crippen LogP contribution in [0.3, 0.4) is 0 Å². The molecule has 1 aliphatic carbocycles. The molecule has 1 heterocycles. The third-order valence-electron chi connectivity index (χ3n) is 4.98. The fourth-order valence-corrected chi connectivity index (χ4v) is 4.61. The van der Waals surface area contributed by atoms with Gasteiger partial charge in [0.1, 0.15) is 0 Å². The van der Waals surface area contributed by atoms with Crippen LogP contribution in [0.2, 0.25) is 0 Å². The first-order valence-corrected chi connectivity index (χ1v) is 10.2. The van der Waals surface area contributed by atoms with Crippen LogP contribution in [0.15, 0.2) is 24.3 Å². The topological polar surface area (TPSA) is 49.4 Å². The van der Waals surface area contributed by atoms with Crippen molar-refractivity contribution in [2.45, 2.75) is 50.6 Å². The van der Waals surface area contributed by atoms with Crippen molar-refractivity contribution < 1.29 is 8.42 Å². The molecule has 3 rings (SSSR count). The summed E-state index contributed by atoms with van der Waals surface area (Å²) in [6.45, 7) is 1.29. The SMILES string of the molecule is CS(=O)(=O)N1CCC(N[C@@H]2CCCCc3ccccc32)CC1. The second kappa shape index (κ2) is 6.69. The number of hydrogen-bond acceptors (Lipinski definition) is 3. The molecule has 1 aromatic carbocycles. The Labute approximate surface area is 134 Å². The number of sulfonamides is 1. The predicted octanol–water partition coefficient (Wildman–Crippen LogP) is 2.47. The standard InChI is InChI=1S/C17H26N2O2S/c1-22(20,21)19-12-10-15(11-13-19)18-17-9-5-3-7-14-6-2-4-8-16(14)17/h2,4,6,8,15,17-18H,3,5,7,9-13H2,1H3/t17-/m1/s1. The number of benzene rings is 1. The maximum absolute atomic E-state index is 11.6. The number of nitrogens with one attached hydrogen (secondary N) is 1. The molecule has 0 unspecified atom stereocenters. The van der Waals surface area contributed by atoms with E-state index in [4.69, 9.17) is 0 Å². The molecule has 1 N–H and O–H groups in total. The molecule has 0 saturated carbocycles. The van der Waals surface area contributed by atoms with Gasteiger partial charge in [0, 0.05) is 25.2 Å². The van der Waals surface area contributed by atoms with E-state index in [1.165, 1.54) is 43.1 Å². The summed E-state index contributed by atoms with van der Waals surface area (Å²) in [5, 5.41) is 3.80. The second-order valence-corrected chi connectivity index (χ2v) is 8.58. The normalized spacial score (nSPS) is 24.7. The number of hydrogen-bond donors (Lipinski definition) is 1. The van der Waals surface area contributed by atoms with Crippen LogP contribution in [0.4, 0.5) is 0 Å². The van der Waals surface area contributed by atoms with Gasteiger partial charge in [-0.25, -0.2) is 12.7 Å². The molecule has 22 heavy (non-hydrogen) atoms. The van der Waals surface area contributed by atoms with E-state index in [9.17, 15) is 8.42 Å². The predicted molar refractivity (Wildman–Crippen MR) is 89.3 cm³/mol. The van der Waals surface area contributed by atoms with Crippen molar-refractivity contribution in [2.75, 3.05) is 19.3 Å². The van der Waals surface area contributed by atoms with E-state index in [0.29, 0.717) is 25.2 Å². The second-order valence-electron chi connectivity index (χ2n) is 6.60. The molecular weight excluding hydrogens is 296 g/mol. The van der Waals surface area contributed by atoms with Crippen molar-refractivity contribution in [2.24, 2.45) is 0 Å². The van der Waals surface area contributed by atoms with Crippen LogP contribution >= 0.6 is 0 Å². The monoisotopic (exact) mass is 322 g/mol. The fourth-order valence-electron chi connectivity index (χ4n) is 3.73. The molecule has 2 aliphatic rings. The van der Waals surface area contributed by atoms with Gasteiger partial charge in [0.2, 0.25) is 10.0 Å². The van der Waals surface area contributed by atoms with E-state index >= 15 is 0 Å². The lowest BCUT2D eigenvalue weighted by molar-refractivity contribution is 0.270. The van der Waals surface area contributed by atoms with Gasteiger partial charge >= 0.3 is 0 Å². The minimum absolute atomic E-state index is 0.425. The first-order valence-electron chi connectivity index (χ1n) is 8.33. The first-order chi connectivity index (χ1) is 10.5. The molecule has 0 aromatic heterocycles. The molecule has 1 saturated heterocycles. The summed E-state index contributed by atoms with van der Waals surface area (Å²) in [7, 11) is -3.03. The fraction of sp³-hybridized carbons (Fsp3) is 0.647. The Morgan fingerprint density at radius 3 is 2.55 bits per heavy atom. The van der Waals surface area contributed by atoms with E-state index in [1.807, 2.05) is 0 Å². The Kier molecular flexibility index (Phi) is 4.85. The van der Waals surface area contributed by atoms with Gasteiger partial charge in [0.15, 0.2) is 0 Å². The minimum atomic E-state index is -3.03. The van der Waals surface area contributed by atoms with Crippen LogP contribution in [-0.2, 0) is 16.4 Å². The molecule has 1 aromatic rings. The Hall–Kier alpha value is -0.910. The summed E-state index contributed by atoms with van der Waals surface area (Å²) in [4.78, 5) is 0. The average Bonchev–Trinajstić information content (AvgIpc) is 2.70. The minimum Gasteiger partial charge on any atom is -0.307 e. The summed E-state index contributed by atoms with van der Waals surface area (Å²) in [5.74, 6) is 0. The maximum Gasteiger partial charge on any atom is 0.211 e. The molecule has 0 amide bonds. The average molecular weight is 322 g/mol. The van der Waals surface area contributed by atoms with E-state index in [0.717, 1.165) is 12.8 Å². The summed E-state index contributed by atoms with van der Waals surface area (Å²) >= 11 is 0. The van der Waals surface area contributed by atoms with Crippen LogP contribution in [0.25, 0.3) is 0 Å². The third kappa shape index (κ3) is 3.70. The van der Waals surface area contributed by atoms with Gasteiger partial charge in [-0.3, -0.25) is 0 Å². The number of nitrogens with zero attached hydrogens (tertiary/aromatic N) is 1. The molecule has 122 valence electrons. The summed E-state index contributed by atoms with van der Waals surface area (Å²) in [6.07, 6.45) is 8.01.